The Bertz CT molecular complexity index is 481. The second kappa shape index (κ2) is 6.05. The summed E-state index contributed by atoms with van der Waals surface area (Å²) in [4.78, 5) is 8.31. The van der Waals surface area contributed by atoms with Crippen molar-refractivity contribution in [3.05, 3.63) is 6.33 Å². The number of rotatable bonds is 5. The van der Waals surface area contributed by atoms with Crippen LogP contribution in [-0.2, 0) is 0 Å². The molecule has 1 fully saturated rings. The van der Waals surface area contributed by atoms with E-state index in [9.17, 15) is 5.11 Å². The van der Waals surface area contributed by atoms with E-state index in [1.165, 1.54) is 6.33 Å². The molecule has 1 heterocycles. The highest BCUT2D eigenvalue weighted by Crippen LogP contribution is 2.40. The van der Waals surface area contributed by atoms with Gasteiger partial charge >= 0.3 is 0 Å². The fourth-order valence-electron chi connectivity index (χ4n) is 2.69. The van der Waals surface area contributed by atoms with E-state index in [4.69, 9.17) is 4.74 Å². The summed E-state index contributed by atoms with van der Waals surface area (Å²) in [5.74, 6) is 1.81. The third-order valence-electron chi connectivity index (χ3n) is 4.36. The molecule has 118 valence electrons. The Balaban J connectivity index is 2.03. The zero-order valence-corrected chi connectivity index (χ0v) is 13.4. The Morgan fingerprint density at radius 3 is 2.38 bits per heavy atom. The number of aromatic nitrogens is 2. The van der Waals surface area contributed by atoms with Crippen LogP contribution in [0.15, 0.2) is 6.33 Å². The van der Waals surface area contributed by atoms with Crippen molar-refractivity contribution in [3.63, 3.8) is 0 Å². The van der Waals surface area contributed by atoms with Crippen LogP contribution in [0.4, 0.5) is 11.6 Å². The van der Waals surface area contributed by atoms with E-state index in [1.807, 2.05) is 0 Å². The van der Waals surface area contributed by atoms with Crippen LogP contribution in [0.2, 0.25) is 0 Å². The van der Waals surface area contributed by atoms with Crippen molar-refractivity contribution in [2.24, 2.45) is 5.41 Å². The van der Waals surface area contributed by atoms with E-state index in [1.54, 1.807) is 14.2 Å². The van der Waals surface area contributed by atoms with Gasteiger partial charge in [0.2, 0.25) is 5.75 Å². The maximum Gasteiger partial charge on any atom is 0.204 e. The Morgan fingerprint density at radius 1 is 1.19 bits per heavy atom. The van der Waals surface area contributed by atoms with Gasteiger partial charge in [-0.3, -0.25) is 0 Å². The van der Waals surface area contributed by atoms with Crippen LogP contribution in [0.5, 0.6) is 5.75 Å². The molecule has 1 aromatic heterocycles. The molecule has 2 rings (SSSR count). The van der Waals surface area contributed by atoms with E-state index in [2.05, 4.69) is 34.4 Å². The number of anilines is 2. The van der Waals surface area contributed by atoms with Gasteiger partial charge in [-0.15, -0.1) is 0 Å². The Morgan fingerprint density at radius 2 is 1.81 bits per heavy atom. The molecule has 1 aliphatic rings. The van der Waals surface area contributed by atoms with Crippen LogP contribution in [0.25, 0.3) is 0 Å². The van der Waals surface area contributed by atoms with Gasteiger partial charge in [-0.25, -0.2) is 9.97 Å². The minimum atomic E-state index is -0.675. The van der Waals surface area contributed by atoms with E-state index in [0.717, 1.165) is 25.7 Å². The first-order valence-corrected chi connectivity index (χ1v) is 7.42. The maximum atomic E-state index is 10.7. The quantitative estimate of drug-likeness (QED) is 0.773. The summed E-state index contributed by atoms with van der Waals surface area (Å²) in [5.41, 5.74) is -0.344. The normalized spacial score (nSPS) is 19.9. The van der Waals surface area contributed by atoms with Crippen molar-refractivity contribution in [1.82, 2.24) is 9.97 Å². The first-order valence-electron chi connectivity index (χ1n) is 7.42. The lowest BCUT2D eigenvalue weighted by Gasteiger charge is -2.40. The summed E-state index contributed by atoms with van der Waals surface area (Å²) in [5, 5.41) is 16.9. The van der Waals surface area contributed by atoms with Crippen molar-refractivity contribution in [1.29, 1.82) is 0 Å². The van der Waals surface area contributed by atoms with Gasteiger partial charge in [0.25, 0.3) is 0 Å². The lowest BCUT2D eigenvalue weighted by Crippen LogP contribution is -2.42. The van der Waals surface area contributed by atoms with Crippen LogP contribution in [0.3, 0.4) is 0 Å². The monoisotopic (exact) mass is 294 g/mol. The molecule has 3 N–H and O–H groups in total. The lowest BCUT2D eigenvalue weighted by molar-refractivity contribution is -0.0146. The molecule has 6 nitrogen and oxygen atoms in total. The molecule has 0 amide bonds. The highest BCUT2D eigenvalue weighted by molar-refractivity contribution is 5.63. The predicted molar refractivity (Wildman–Crippen MR) is 83.8 cm³/mol. The topological polar surface area (TPSA) is 79.3 Å². The van der Waals surface area contributed by atoms with E-state index in [-0.39, 0.29) is 0 Å². The van der Waals surface area contributed by atoms with Crippen molar-refractivity contribution in [2.45, 2.75) is 45.1 Å². The summed E-state index contributed by atoms with van der Waals surface area (Å²) in [6, 6.07) is 0. The van der Waals surface area contributed by atoms with Gasteiger partial charge in [0.15, 0.2) is 11.6 Å². The molecule has 0 aromatic carbocycles. The number of nitrogens with zero attached hydrogens (tertiary/aromatic N) is 2. The van der Waals surface area contributed by atoms with Crippen LogP contribution < -0.4 is 15.4 Å². The number of hydrogen-bond acceptors (Lipinski definition) is 6. The van der Waals surface area contributed by atoms with Gasteiger partial charge < -0.3 is 20.5 Å². The molecular weight excluding hydrogens is 268 g/mol. The minimum Gasteiger partial charge on any atom is -0.490 e. The van der Waals surface area contributed by atoms with E-state index < -0.39 is 5.60 Å². The first kappa shape index (κ1) is 15.8. The Kier molecular flexibility index (Phi) is 4.56. The van der Waals surface area contributed by atoms with Crippen LogP contribution in [0, 0.1) is 5.41 Å². The number of ether oxygens (including phenoxy) is 1. The van der Waals surface area contributed by atoms with Gasteiger partial charge in [-0.1, -0.05) is 13.8 Å². The molecule has 1 saturated carbocycles. The van der Waals surface area contributed by atoms with Gasteiger partial charge in [-0.2, -0.15) is 0 Å². The largest absolute Gasteiger partial charge is 0.490 e. The molecule has 0 atom stereocenters. The van der Waals surface area contributed by atoms with Gasteiger partial charge in [0.1, 0.15) is 6.33 Å². The van der Waals surface area contributed by atoms with Gasteiger partial charge in [0, 0.05) is 13.6 Å². The van der Waals surface area contributed by atoms with Crippen LogP contribution in [-0.4, -0.2) is 41.4 Å². The molecule has 0 bridgehead atoms. The Labute approximate surface area is 126 Å². The average Bonchev–Trinajstić information content (AvgIpc) is 2.48. The van der Waals surface area contributed by atoms with E-state index in [0.29, 0.717) is 29.3 Å². The second-order valence-electron chi connectivity index (χ2n) is 6.60. The molecule has 0 unspecified atom stereocenters. The molecule has 0 spiro atoms. The fraction of sp³-hybridized carbons (Fsp3) is 0.733. The number of nitrogens with one attached hydrogen (secondary N) is 2. The zero-order chi connectivity index (χ0) is 15.5. The van der Waals surface area contributed by atoms with Crippen LogP contribution >= 0.6 is 0 Å². The van der Waals surface area contributed by atoms with Crippen LogP contribution in [0.1, 0.15) is 39.5 Å². The third kappa shape index (κ3) is 3.75. The predicted octanol–water partition coefficient (Wildman–Crippen LogP) is 2.27. The SMILES string of the molecule is CNc1ncnc(NCC2(O)CCC(C)(C)CC2)c1OC. The zero-order valence-electron chi connectivity index (χ0n) is 13.4. The lowest BCUT2D eigenvalue weighted by atomic mass is 9.71. The third-order valence-corrected chi connectivity index (χ3v) is 4.36. The summed E-state index contributed by atoms with van der Waals surface area (Å²) in [7, 11) is 3.37. The summed E-state index contributed by atoms with van der Waals surface area (Å²) in [6.07, 6.45) is 5.16. The summed E-state index contributed by atoms with van der Waals surface area (Å²) >= 11 is 0. The summed E-state index contributed by atoms with van der Waals surface area (Å²) < 4.78 is 5.34. The smallest absolute Gasteiger partial charge is 0.204 e. The summed E-state index contributed by atoms with van der Waals surface area (Å²) in [6.45, 7) is 4.99. The van der Waals surface area contributed by atoms with Gasteiger partial charge in [0.05, 0.1) is 12.7 Å². The molecule has 0 aliphatic heterocycles. The average molecular weight is 294 g/mol. The highest BCUT2D eigenvalue weighted by Gasteiger charge is 2.36. The maximum absolute atomic E-state index is 10.7. The fourth-order valence-corrected chi connectivity index (χ4v) is 2.69. The van der Waals surface area contributed by atoms with Crippen molar-refractivity contribution in [2.75, 3.05) is 31.3 Å². The molecule has 6 heteroatoms. The molecule has 21 heavy (non-hydrogen) atoms. The number of hydrogen-bond donors (Lipinski definition) is 3. The number of aliphatic hydroxyl groups is 1. The highest BCUT2D eigenvalue weighted by atomic mass is 16.5. The number of methoxy groups -OCH3 is 1. The molecule has 0 saturated heterocycles. The molecular formula is C15H26N4O2. The van der Waals surface area contributed by atoms with Crippen molar-refractivity contribution in [3.8, 4) is 5.75 Å². The van der Waals surface area contributed by atoms with Gasteiger partial charge in [-0.05, 0) is 31.1 Å². The first-order chi connectivity index (χ1) is 9.89. The molecule has 0 radical (unpaired) electrons. The standard InChI is InChI=1S/C15H26N4O2/c1-14(2)5-7-15(20,8-6-14)9-17-13-11(21-4)12(16-3)18-10-19-13/h10,20H,5-9H2,1-4H3,(H2,16,17,18,19). The minimum absolute atomic E-state index is 0.331. The van der Waals surface area contributed by atoms with E-state index >= 15 is 0 Å². The second-order valence-corrected chi connectivity index (χ2v) is 6.60. The Hall–Kier alpha value is -1.56. The molecule has 1 aliphatic carbocycles. The van der Waals surface area contributed by atoms with Crippen molar-refractivity contribution < 1.29 is 9.84 Å². The van der Waals surface area contributed by atoms with Crippen molar-refractivity contribution >= 4 is 11.6 Å². The molecule has 1 aromatic rings.